The first-order chi connectivity index (χ1) is 7.72. The fourth-order valence-corrected chi connectivity index (χ4v) is 2.29. The first-order valence-corrected chi connectivity index (χ1v) is 6.23. The number of hydrogen-bond acceptors (Lipinski definition) is 2. The molecule has 2 aromatic heterocycles. The predicted molar refractivity (Wildman–Crippen MR) is 65.7 cm³/mol. The molecule has 0 atom stereocenters. The molecule has 88 valence electrons. The van der Waals surface area contributed by atoms with Crippen LogP contribution < -0.4 is 0 Å². The van der Waals surface area contributed by atoms with Gasteiger partial charge in [0.1, 0.15) is 11.3 Å². The Bertz CT molecular complexity index is 498. The molecule has 2 heterocycles. The van der Waals surface area contributed by atoms with Crippen molar-refractivity contribution in [2.75, 3.05) is 0 Å². The maximum Gasteiger partial charge on any atom is 0.158 e. The Morgan fingerprint density at radius 1 is 1.31 bits per heavy atom. The lowest BCUT2D eigenvalue weighted by Gasteiger charge is -2.05. The van der Waals surface area contributed by atoms with Crippen LogP contribution in [0.3, 0.4) is 0 Å². The van der Waals surface area contributed by atoms with E-state index in [9.17, 15) is 0 Å². The van der Waals surface area contributed by atoms with Crippen molar-refractivity contribution in [3.05, 3.63) is 11.5 Å². The van der Waals surface area contributed by atoms with Gasteiger partial charge in [-0.1, -0.05) is 13.8 Å². The summed E-state index contributed by atoms with van der Waals surface area (Å²) in [6.07, 6.45) is 1.98. The van der Waals surface area contributed by atoms with Gasteiger partial charge in [0.25, 0.3) is 0 Å². The fourth-order valence-electron chi connectivity index (χ4n) is 2.09. The molecule has 0 saturated carbocycles. The van der Waals surface area contributed by atoms with Crippen molar-refractivity contribution < 1.29 is 0 Å². The molecule has 0 aliphatic carbocycles. The zero-order valence-electron chi connectivity index (χ0n) is 10.00. The van der Waals surface area contributed by atoms with Crippen LogP contribution in [-0.4, -0.2) is 19.3 Å². The molecule has 5 heteroatoms. The van der Waals surface area contributed by atoms with E-state index in [2.05, 4.69) is 28.5 Å². The van der Waals surface area contributed by atoms with Gasteiger partial charge in [-0.25, -0.2) is 4.98 Å². The normalized spacial score (nSPS) is 11.5. The first kappa shape index (κ1) is 11.5. The molecule has 2 rings (SSSR count). The van der Waals surface area contributed by atoms with Gasteiger partial charge < -0.3 is 4.57 Å². The molecule has 0 N–H and O–H groups in total. The Kier molecular flexibility index (Phi) is 3.19. The maximum atomic E-state index is 5.93. The average Bonchev–Trinajstić information content (AvgIpc) is 2.78. The number of alkyl halides is 1. The van der Waals surface area contributed by atoms with Gasteiger partial charge in [-0.05, 0) is 12.8 Å². The molecule has 0 saturated heterocycles. The fraction of sp³-hybridized carbons (Fsp3) is 0.636. The summed E-state index contributed by atoms with van der Waals surface area (Å²) < 4.78 is 4.08. The number of halogens is 1. The van der Waals surface area contributed by atoms with Crippen LogP contribution >= 0.6 is 11.6 Å². The van der Waals surface area contributed by atoms with Crippen LogP contribution in [0.2, 0.25) is 0 Å². The van der Waals surface area contributed by atoms with Crippen LogP contribution in [0, 0.1) is 0 Å². The van der Waals surface area contributed by atoms with Gasteiger partial charge in [0.05, 0.1) is 11.6 Å². The monoisotopic (exact) mass is 240 g/mol. The van der Waals surface area contributed by atoms with Crippen LogP contribution in [0.5, 0.6) is 0 Å². The van der Waals surface area contributed by atoms with Gasteiger partial charge >= 0.3 is 0 Å². The van der Waals surface area contributed by atoms with Crippen molar-refractivity contribution in [1.29, 1.82) is 0 Å². The van der Waals surface area contributed by atoms with Crippen LogP contribution in [0.4, 0.5) is 0 Å². The van der Waals surface area contributed by atoms with Gasteiger partial charge in [0, 0.05) is 13.6 Å². The van der Waals surface area contributed by atoms with Crippen molar-refractivity contribution in [2.24, 2.45) is 7.05 Å². The van der Waals surface area contributed by atoms with Crippen LogP contribution in [0.15, 0.2) is 0 Å². The molecule has 0 spiro atoms. The quantitative estimate of drug-likeness (QED) is 0.770. The molecular weight excluding hydrogens is 224 g/mol. The Labute approximate surface area is 100 Å². The third-order valence-corrected chi connectivity index (χ3v) is 3.01. The summed E-state index contributed by atoms with van der Waals surface area (Å²) in [6, 6.07) is 0. The van der Waals surface area contributed by atoms with Crippen molar-refractivity contribution >= 4 is 22.8 Å². The minimum atomic E-state index is 0.456. The predicted octanol–water partition coefficient (Wildman–Crippen LogP) is 2.48. The van der Waals surface area contributed by atoms with Crippen molar-refractivity contribution in [3.63, 3.8) is 0 Å². The molecule has 0 aliphatic rings. The van der Waals surface area contributed by atoms with E-state index in [0.29, 0.717) is 5.88 Å². The lowest BCUT2D eigenvalue weighted by atomic mass is 10.3. The zero-order valence-corrected chi connectivity index (χ0v) is 10.8. The van der Waals surface area contributed by atoms with E-state index < -0.39 is 0 Å². The summed E-state index contributed by atoms with van der Waals surface area (Å²) in [5.41, 5.74) is 3.15. The van der Waals surface area contributed by atoms with E-state index in [1.165, 1.54) is 0 Å². The van der Waals surface area contributed by atoms with E-state index in [1.807, 2.05) is 11.7 Å². The Morgan fingerprint density at radius 3 is 2.62 bits per heavy atom. The topological polar surface area (TPSA) is 35.6 Å². The molecule has 4 nitrogen and oxygen atoms in total. The Hall–Kier alpha value is -1.03. The Morgan fingerprint density at radius 2 is 2.06 bits per heavy atom. The van der Waals surface area contributed by atoms with Crippen LogP contribution in [0.25, 0.3) is 11.2 Å². The highest BCUT2D eigenvalue weighted by atomic mass is 35.5. The van der Waals surface area contributed by atoms with Crippen LogP contribution in [0.1, 0.15) is 31.8 Å². The van der Waals surface area contributed by atoms with Crippen molar-refractivity contribution in [2.45, 2.75) is 39.1 Å². The van der Waals surface area contributed by atoms with Crippen molar-refractivity contribution in [3.8, 4) is 0 Å². The maximum absolute atomic E-state index is 5.93. The van der Waals surface area contributed by atoms with Gasteiger partial charge in [0.15, 0.2) is 5.65 Å². The van der Waals surface area contributed by atoms with Gasteiger partial charge in [-0.2, -0.15) is 5.10 Å². The minimum absolute atomic E-state index is 0.456. The number of hydrogen-bond donors (Lipinski definition) is 0. The molecule has 0 amide bonds. The van der Waals surface area contributed by atoms with Gasteiger partial charge in [-0.3, -0.25) is 4.68 Å². The summed E-state index contributed by atoms with van der Waals surface area (Å²) in [5, 5.41) is 4.48. The molecule has 0 fully saturated rings. The van der Waals surface area contributed by atoms with E-state index >= 15 is 0 Å². The summed E-state index contributed by atoms with van der Waals surface area (Å²) in [6.45, 7) is 5.20. The number of fused-ring (bicyclic) bond motifs is 1. The lowest BCUT2D eigenvalue weighted by molar-refractivity contribution is 0.638. The largest absolute Gasteiger partial charge is 0.312 e. The molecule has 0 aliphatic heterocycles. The SMILES string of the molecule is CCCn1c(CCl)nc2c(CC)nn(C)c21. The summed E-state index contributed by atoms with van der Waals surface area (Å²) in [7, 11) is 1.97. The molecule has 16 heavy (non-hydrogen) atoms. The van der Waals surface area contributed by atoms with E-state index in [0.717, 1.165) is 42.1 Å². The third-order valence-electron chi connectivity index (χ3n) is 2.77. The third kappa shape index (κ3) is 1.61. The average molecular weight is 241 g/mol. The smallest absolute Gasteiger partial charge is 0.158 e. The molecule has 0 bridgehead atoms. The zero-order chi connectivity index (χ0) is 11.7. The summed E-state index contributed by atoms with van der Waals surface area (Å²) in [5.74, 6) is 1.40. The number of aryl methyl sites for hydroxylation is 3. The van der Waals surface area contributed by atoms with E-state index in [1.54, 1.807) is 0 Å². The molecule has 0 aromatic carbocycles. The van der Waals surface area contributed by atoms with Crippen molar-refractivity contribution in [1.82, 2.24) is 19.3 Å². The number of nitrogens with zero attached hydrogens (tertiary/aromatic N) is 4. The molecule has 0 radical (unpaired) electrons. The number of rotatable bonds is 4. The second-order valence-corrected chi connectivity index (χ2v) is 4.18. The Balaban J connectivity index is 2.68. The van der Waals surface area contributed by atoms with E-state index in [4.69, 9.17) is 11.6 Å². The van der Waals surface area contributed by atoms with E-state index in [-0.39, 0.29) is 0 Å². The summed E-state index contributed by atoms with van der Waals surface area (Å²) in [4.78, 5) is 4.59. The molecular formula is C11H17ClN4. The van der Waals surface area contributed by atoms with Gasteiger partial charge in [-0.15, -0.1) is 11.6 Å². The summed E-state index contributed by atoms with van der Waals surface area (Å²) >= 11 is 5.93. The highest BCUT2D eigenvalue weighted by Gasteiger charge is 2.17. The number of aromatic nitrogens is 4. The highest BCUT2D eigenvalue weighted by molar-refractivity contribution is 6.16. The second-order valence-electron chi connectivity index (χ2n) is 3.91. The van der Waals surface area contributed by atoms with Gasteiger partial charge in [0.2, 0.25) is 0 Å². The number of imidazole rings is 1. The second kappa shape index (κ2) is 4.45. The highest BCUT2D eigenvalue weighted by Crippen LogP contribution is 2.21. The molecule has 0 unspecified atom stereocenters. The molecule has 2 aromatic rings. The van der Waals surface area contributed by atoms with Crippen LogP contribution in [-0.2, 0) is 25.9 Å². The first-order valence-electron chi connectivity index (χ1n) is 5.69. The lowest BCUT2D eigenvalue weighted by Crippen LogP contribution is -2.06. The standard InChI is InChI=1S/C11H17ClN4/c1-4-6-16-9(7-12)13-10-8(5-2)14-15(3)11(10)16/h4-7H2,1-3H3. The minimum Gasteiger partial charge on any atom is -0.312 e.